The average molecular weight is 272 g/mol. The van der Waals surface area contributed by atoms with Gasteiger partial charge in [-0.3, -0.25) is 0 Å². The highest BCUT2D eigenvalue weighted by Gasteiger charge is 2.08. The lowest BCUT2D eigenvalue weighted by atomic mass is 10.1. The van der Waals surface area contributed by atoms with Crippen molar-refractivity contribution in [3.8, 4) is 0 Å². The number of hydrogen-bond acceptors (Lipinski definition) is 2. The molecule has 0 bridgehead atoms. The third kappa shape index (κ3) is 3.61. The number of carboxylic acid groups (broad SMARTS) is 1. The molecule has 0 aliphatic rings. The smallest absolute Gasteiger partial charge is 0.335 e. The maximum absolute atomic E-state index is 11.1. The third-order valence-corrected chi connectivity index (χ3v) is 4.03. The standard InChI is InChI=1S/C16H16O2S/c1-2-12-7-9-14(10-8-12)19-11-13-5-3-4-6-15(13)16(17)18/h3-10H,2,11H2,1H3,(H,17,18). The van der Waals surface area contributed by atoms with E-state index in [0.717, 1.165) is 16.9 Å². The van der Waals surface area contributed by atoms with Crippen molar-refractivity contribution in [1.82, 2.24) is 0 Å². The summed E-state index contributed by atoms with van der Waals surface area (Å²) in [6.45, 7) is 2.13. The molecule has 19 heavy (non-hydrogen) atoms. The molecule has 98 valence electrons. The lowest BCUT2D eigenvalue weighted by molar-refractivity contribution is 0.0696. The van der Waals surface area contributed by atoms with E-state index in [1.165, 1.54) is 5.56 Å². The predicted octanol–water partition coefficient (Wildman–Crippen LogP) is 4.24. The first kappa shape index (κ1) is 13.7. The van der Waals surface area contributed by atoms with E-state index in [-0.39, 0.29) is 0 Å². The maximum Gasteiger partial charge on any atom is 0.335 e. The van der Waals surface area contributed by atoms with Gasteiger partial charge in [-0.25, -0.2) is 4.79 Å². The van der Waals surface area contributed by atoms with E-state index in [0.29, 0.717) is 11.3 Å². The molecule has 0 aliphatic carbocycles. The Labute approximate surface area is 117 Å². The van der Waals surface area contributed by atoms with E-state index in [1.54, 1.807) is 23.9 Å². The van der Waals surface area contributed by atoms with Gasteiger partial charge in [0.15, 0.2) is 0 Å². The van der Waals surface area contributed by atoms with Crippen LogP contribution in [0.15, 0.2) is 53.4 Å². The van der Waals surface area contributed by atoms with E-state index in [4.69, 9.17) is 5.11 Å². The molecule has 0 saturated heterocycles. The number of hydrogen-bond donors (Lipinski definition) is 1. The largest absolute Gasteiger partial charge is 0.478 e. The van der Waals surface area contributed by atoms with Crippen LogP contribution in [0.3, 0.4) is 0 Å². The van der Waals surface area contributed by atoms with Crippen LogP contribution < -0.4 is 0 Å². The summed E-state index contributed by atoms with van der Waals surface area (Å²) in [5.74, 6) is -0.189. The number of aromatic carboxylic acids is 1. The number of carboxylic acids is 1. The highest BCUT2D eigenvalue weighted by Crippen LogP contribution is 2.24. The van der Waals surface area contributed by atoms with Crippen LogP contribution in [0, 0.1) is 0 Å². The molecule has 2 rings (SSSR count). The van der Waals surface area contributed by atoms with Crippen molar-refractivity contribution in [1.29, 1.82) is 0 Å². The Bertz CT molecular complexity index is 561. The van der Waals surface area contributed by atoms with Gasteiger partial charge in [0, 0.05) is 10.6 Å². The number of carbonyl (C=O) groups is 1. The first-order valence-electron chi connectivity index (χ1n) is 6.23. The first-order valence-corrected chi connectivity index (χ1v) is 7.22. The number of aryl methyl sites for hydroxylation is 1. The minimum absolute atomic E-state index is 0.389. The zero-order chi connectivity index (χ0) is 13.7. The van der Waals surface area contributed by atoms with Crippen LogP contribution in [0.2, 0.25) is 0 Å². The van der Waals surface area contributed by atoms with Crippen LogP contribution in [0.1, 0.15) is 28.4 Å². The fraction of sp³-hybridized carbons (Fsp3) is 0.188. The zero-order valence-corrected chi connectivity index (χ0v) is 11.6. The summed E-state index contributed by atoms with van der Waals surface area (Å²) >= 11 is 1.66. The maximum atomic E-state index is 11.1. The third-order valence-electron chi connectivity index (χ3n) is 2.97. The van der Waals surface area contributed by atoms with E-state index in [2.05, 4.69) is 31.2 Å². The summed E-state index contributed by atoms with van der Waals surface area (Å²) in [7, 11) is 0. The second kappa shape index (κ2) is 6.43. The number of benzene rings is 2. The van der Waals surface area contributed by atoms with Crippen LogP contribution >= 0.6 is 11.8 Å². The molecule has 0 heterocycles. The van der Waals surface area contributed by atoms with Gasteiger partial charge in [-0.15, -0.1) is 11.8 Å². The molecule has 3 heteroatoms. The van der Waals surface area contributed by atoms with Crippen molar-refractivity contribution in [3.63, 3.8) is 0 Å². The second-order valence-electron chi connectivity index (χ2n) is 4.25. The molecule has 2 nitrogen and oxygen atoms in total. The van der Waals surface area contributed by atoms with Crippen molar-refractivity contribution in [2.24, 2.45) is 0 Å². The Morgan fingerprint density at radius 3 is 2.42 bits per heavy atom. The van der Waals surface area contributed by atoms with Crippen molar-refractivity contribution in [2.75, 3.05) is 0 Å². The molecular weight excluding hydrogens is 256 g/mol. The lowest BCUT2D eigenvalue weighted by Crippen LogP contribution is -2.00. The Morgan fingerprint density at radius 1 is 1.11 bits per heavy atom. The van der Waals surface area contributed by atoms with Crippen LogP contribution in [0.5, 0.6) is 0 Å². The van der Waals surface area contributed by atoms with Crippen LogP contribution in [0.25, 0.3) is 0 Å². The summed E-state index contributed by atoms with van der Waals surface area (Å²) in [6.07, 6.45) is 1.03. The van der Waals surface area contributed by atoms with Gasteiger partial charge in [-0.05, 0) is 35.7 Å². The molecule has 0 spiro atoms. The van der Waals surface area contributed by atoms with Crippen molar-refractivity contribution in [3.05, 3.63) is 65.2 Å². The molecule has 0 amide bonds. The average Bonchev–Trinajstić information content (AvgIpc) is 2.46. The van der Waals surface area contributed by atoms with Gasteiger partial charge in [0.2, 0.25) is 0 Å². The topological polar surface area (TPSA) is 37.3 Å². The van der Waals surface area contributed by atoms with Crippen molar-refractivity contribution in [2.45, 2.75) is 24.0 Å². The molecule has 0 saturated carbocycles. The van der Waals surface area contributed by atoms with Crippen molar-refractivity contribution >= 4 is 17.7 Å². The Hall–Kier alpha value is -1.74. The summed E-state index contributed by atoms with van der Waals surface area (Å²) in [6, 6.07) is 15.6. The van der Waals surface area contributed by atoms with Crippen LogP contribution in [-0.4, -0.2) is 11.1 Å². The van der Waals surface area contributed by atoms with E-state index in [1.807, 2.05) is 12.1 Å². The minimum Gasteiger partial charge on any atom is -0.478 e. The van der Waals surface area contributed by atoms with Crippen molar-refractivity contribution < 1.29 is 9.90 Å². The molecule has 2 aromatic rings. The van der Waals surface area contributed by atoms with Gasteiger partial charge in [-0.2, -0.15) is 0 Å². The quantitative estimate of drug-likeness (QED) is 0.827. The molecule has 2 aromatic carbocycles. The monoisotopic (exact) mass is 272 g/mol. The highest BCUT2D eigenvalue weighted by atomic mass is 32.2. The molecule has 1 N–H and O–H groups in total. The van der Waals surface area contributed by atoms with Gasteiger partial charge in [0.1, 0.15) is 0 Å². The molecule has 0 aromatic heterocycles. The Kier molecular flexibility index (Phi) is 4.63. The van der Waals surface area contributed by atoms with Gasteiger partial charge in [-0.1, -0.05) is 37.3 Å². The molecule has 0 fully saturated rings. The first-order chi connectivity index (χ1) is 9.20. The summed E-state index contributed by atoms with van der Waals surface area (Å²) in [4.78, 5) is 12.3. The summed E-state index contributed by atoms with van der Waals surface area (Å²) in [5.41, 5.74) is 2.56. The van der Waals surface area contributed by atoms with E-state index in [9.17, 15) is 4.79 Å². The lowest BCUT2D eigenvalue weighted by Gasteiger charge is -2.06. The van der Waals surface area contributed by atoms with Gasteiger partial charge in [0.25, 0.3) is 0 Å². The fourth-order valence-corrected chi connectivity index (χ4v) is 2.74. The van der Waals surface area contributed by atoms with Gasteiger partial charge in [0.05, 0.1) is 5.56 Å². The zero-order valence-electron chi connectivity index (χ0n) is 10.8. The Morgan fingerprint density at radius 2 is 1.79 bits per heavy atom. The molecule has 0 unspecified atom stereocenters. The van der Waals surface area contributed by atoms with Gasteiger partial charge < -0.3 is 5.11 Å². The van der Waals surface area contributed by atoms with E-state index >= 15 is 0 Å². The highest BCUT2D eigenvalue weighted by molar-refractivity contribution is 7.98. The summed E-state index contributed by atoms with van der Waals surface area (Å²) < 4.78 is 0. The van der Waals surface area contributed by atoms with Crippen LogP contribution in [0.4, 0.5) is 0 Å². The SMILES string of the molecule is CCc1ccc(SCc2ccccc2C(=O)O)cc1. The number of rotatable bonds is 5. The molecule has 0 radical (unpaired) electrons. The Balaban J connectivity index is 2.07. The van der Waals surface area contributed by atoms with E-state index < -0.39 is 5.97 Å². The predicted molar refractivity (Wildman–Crippen MR) is 78.8 cm³/mol. The second-order valence-corrected chi connectivity index (χ2v) is 5.30. The molecule has 0 aliphatic heterocycles. The molecule has 0 atom stereocenters. The van der Waals surface area contributed by atoms with Gasteiger partial charge >= 0.3 is 5.97 Å². The normalized spacial score (nSPS) is 10.4. The summed E-state index contributed by atoms with van der Waals surface area (Å²) in [5, 5.41) is 9.12. The van der Waals surface area contributed by atoms with Crippen LogP contribution in [-0.2, 0) is 12.2 Å². The fourth-order valence-electron chi connectivity index (χ4n) is 1.84. The molecular formula is C16H16O2S. The number of thioether (sulfide) groups is 1. The minimum atomic E-state index is -0.863.